The summed E-state index contributed by atoms with van der Waals surface area (Å²) < 4.78 is 31.3. The Morgan fingerprint density at radius 2 is 2.00 bits per heavy atom. The molecule has 0 atom stereocenters. The number of nitrogens with one attached hydrogen (secondary N) is 1. The second-order valence-electron chi connectivity index (χ2n) is 3.57. The predicted octanol–water partition coefficient (Wildman–Crippen LogP) is 1.48. The van der Waals surface area contributed by atoms with Crippen LogP contribution in [0.2, 0.25) is 0 Å². The van der Waals surface area contributed by atoms with Gasteiger partial charge in [0.05, 0.1) is 5.75 Å². The molecule has 0 fully saturated rings. The first kappa shape index (κ1) is 15.0. The summed E-state index contributed by atoms with van der Waals surface area (Å²) in [7, 11) is -3.35. The van der Waals surface area contributed by atoms with Crippen LogP contribution in [0.25, 0.3) is 0 Å². The Kier molecular flexibility index (Phi) is 5.64. The van der Waals surface area contributed by atoms with Crippen LogP contribution in [-0.2, 0) is 10.0 Å². The Hall–Kier alpha value is -1.05. The summed E-state index contributed by atoms with van der Waals surface area (Å²) >= 11 is 3.07. The predicted molar refractivity (Wildman–Crippen MR) is 76.2 cm³/mol. The molecular formula is C11H15BrN2O3S. The Morgan fingerprint density at radius 1 is 1.39 bits per heavy atom. The fourth-order valence-corrected chi connectivity index (χ4v) is 2.26. The summed E-state index contributed by atoms with van der Waals surface area (Å²) in [6, 6.07) is 6.76. The van der Waals surface area contributed by atoms with Crippen molar-refractivity contribution in [3.05, 3.63) is 35.3 Å². The third kappa shape index (κ3) is 6.04. The number of anilines is 1. The first-order valence-electron chi connectivity index (χ1n) is 5.18. The molecule has 0 radical (unpaired) electrons. The van der Waals surface area contributed by atoms with Crippen LogP contribution in [-0.4, -0.2) is 27.3 Å². The fourth-order valence-electron chi connectivity index (χ4n) is 1.09. The molecule has 0 heterocycles. The van der Waals surface area contributed by atoms with E-state index in [1.165, 1.54) is 0 Å². The molecule has 0 spiro atoms. The van der Waals surface area contributed by atoms with Gasteiger partial charge in [0.25, 0.3) is 0 Å². The molecule has 0 unspecified atom stereocenters. The van der Waals surface area contributed by atoms with E-state index >= 15 is 0 Å². The van der Waals surface area contributed by atoms with Gasteiger partial charge in [-0.3, -0.25) is 0 Å². The topological polar surface area (TPSA) is 81.4 Å². The molecule has 18 heavy (non-hydrogen) atoms. The SMILES string of the molecule is C=C(Br)CNS(=O)(=O)CCOc1ccc(N)cc1. The van der Waals surface area contributed by atoms with Crippen LogP contribution in [0, 0.1) is 0 Å². The highest BCUT2D eigenvalue weighted by Crippen LogP contribution is 2.12. The number of nitrogens with two attached hydrogens (primary N) is 1. The fraction of sp³-hybridized carbons (Fsp3) is 0.273. The lowest BCUT2D eigenvalue weighted by molar-refractivity contribution is 0.340. The van der Waals surface area contributed by atoms with E-state index in [-0.39, 0.29) is 18.9 Å². The minimum atomic E-state index is -3.35. The van der Waals surface area contributed by atoms with Crippen molar-refractivity contribution in [2.45, 2.75) is 0 Å². The highest BCUT2D eigenvalue weighted by Gasteiger charge is 2.09. The average Bonchev–Trinajstić information content (AvgIpc) is 2.29. The number of benzene rings is 1. The molecule has 100 valence electrons. The van der Waals surface area contributed by atoms with Gasteiger partial charge in [0.2, 0.25) is 10.0 Å². The van der Waals surface area contributed by atoms with Crippen molar-refractivity contribution in [1.29, 1.82) is 0 Å². The van der Waals surface area contributed by atoms with Gasteiger partial charge in [-0.2, -0.15) is 0 Å². The number of hydrogen-bond donors (Lipinski definition) is 2. The molecule has 0 aliphatic carbocycles. The first-order valence-corrected chi connectivity index (χ1v) is 7.62. The second-order valence-corrected chi connectivity index (χ2v) is 6.62. The van der Waals surface area contributed by atoms with Crippen molar-refractivity contribution in [3.63, 3.8) is 0 Å². The molecule has 0 aliphatic rings. The number of nitrogen functional groups attached to an aromatic ring is 1. The number of hydrogen-bond acceptors (Lipinski definition) is 4. The van der Waals surface area contributed by atoms with Crippen LogP contribution in [0.3, 0.4) is 0 Å². The second kappa shape index (κ2) is 6.77. The largest absolute Gasteiger partial charge is 0.492 e. The van der Waals surface area contributed by atoms with Gasteiger partial charge in [-0.1, -0.05) is 22.5 Å². The number of rotatable bonds is 7. The summed E-state index contributed by atoms with van der Waals surface area (Å²) in [5, 5.41) is 0. The summed E-state index contributed by atoms with van der Waals surface area (Å²) in [5.74, 6) is 0.474. The van der Waals surface area contributed by atoms with Crippen molar-refractivity contribution < 1.29 is 13.2 Å². The van der Waals surface area contributed by atoms with Gasteiger partial charge in [0.15, 0.2) is 0 Å². The molecule has 0 bridgehead atoms. The van der Waals surface area contributed by atoms with E-state index in [9.17, 15) is 8.42 Å². The molecular weight excluding hydrogens is 320 g/mol. The summed E-state index contributed by atoms with van der Waals surface area (Å²) in [6.07, 6.45) is 0. The van der Waals surface area contributed by atoms with E-state index in [0.717, 1.165) is 0 Å². The smallest absolute Gasteiger partial charge is 0.215 e. The Bertz CT molecular complexity index is 500. The van der Waals surface area contributed by atoms with E-state index < -0.39 is 10.0 Å². The van der Waals surface area contributed by atoms with E-state index in [2.05, 4.69) is 27.2 Å². The Balaban J connectivity index is 2.37. The first-order chi connectivity index (χ1) is 8.39. The van der Waals surface area contributed by atoms with E-state index in [0.29, 0.717) is 15.9 Å². The molecule has 1 aromatic carbocycles. The molecule has 1 aromatic rings. The molecule has 0 aliphatic heterocycles. The van der Waals surface area contributed by atoms with Crippen molar-refractivity contribution in [1.82, 2.24) is 4.72 Å². The van der Waals surface area contributed by atoms with Crippen LogP contribution in [0.1, 0.15) is 0 Å². The maximum atomic E-state index is 11.5. The molecule has 5 nitrogen and oxygen atoms in total. The summed E-state index contributed by atoms with van der Waals surface area (Å²) in [6.45, 7) is 3.79. The van der Waals surface area contributed by atoms with Gasteiger partial charge in [-0.25, -0.2) is 13.1 Å². The van der Waals surface area contributed by atoms with Gasteiger partial charge in [-0.05, 0) is 24.3 Å². The van der Waals surface area contributed by atoms with Gasteiger partial charge in [0, 0.05) is 16.7 Å². The lowest BCUT2D eigenvalue weighted by atomic mass is 10.3. The zero-order valence-corrected chi connectivity index (χ0v) is 12.1. The number of ether oxygens (including phenoxy) is 1. The van der Waals surface area contributed by atoms with Crippen molar-refractivity contribution in [2.24, 2.45) is 0 Å². The zero-order chi connectivity index (χ0) is 13.6. The monoisotopic (exact) mass is 334 g/mol. The highest BCUT2D eigenvalue weighted by atomic mass is 79.9. The third-order valence-electron chi connectivity index (χ3n) is 1.98. The van der Waals surface area contributed by atoms with Crippen molar-refractivity contribution >= 4 is 31.6 Å². The van der Waals surface area contributed by atoms with Crippen LogP contribution in [0.5, 0.6) is 5.75 Å². The summed E-state index contributed by atoms with van der Waals surface area (Å²) in [4.78, 5) is 0. The van der Waals surface area contributed by atoms with Crippen LogP contribution < -0.4 is 15.2 Å². The molecule has 3 N–H and O–H groups in total. The minimum Gasteiger partial charge on any atom is -0.492 e. The van der Waals surface area contributed by atoms with Gasteiger partial charge >= 0.3 is 0 Å². The van der Waals surface area contributed by atoms with Crippen LogP contribution >= 0.6 is 15.9 Å². The quantitative estimate of drug-likeness (QED) is 0.740. The molecule has 0 amide bonds. The van der Waals surface area contributed by atoms with Crippen molar-refractivity contribution in [3.8, 4) is 5.75 Å². The Morgan fingerprint density at radius 3 is 2.56 bits per heavy atom. The highest BCUT2D eigenvalue weighted by molar-refractivity contribution is 9.11. The van der Waals surface area contributed by atoms with E-state index in [1.54, 1.807) is 24.3 Å². The third-order valence-corrected chi connectivity index (χ3v) is 3.55. The van der Waals surface area contributed by atoms with Crippen molar-refractivity contribution in [2.75, 3.05) is 24.6 Å². The minimum absolute atomic E-state index is 0.0774. The number of halogens is 1. The van der Waals surface area contributed by atoms with E-state index in [4.69, 9.17) is 10.5 Å². The normalized spacial score (nSPS) is 11.2. The summed E-state index contributed by atoms with van der Waals surface area (Å²) in [5.41, 5.74) is 6.15. The zero-order valence-electron chi connectivity index (χ0n) is 9.73. The average molecular weight is 335 g/mol. The number of sulfonamides is 1. The lowest BCUT2D eigenvalue weighted by Gasteiger charge is -2.08. The molecule has 0 saturated heterocycles. The van der Waals surface area contributed by atoms with Gasteiger partial charge in [0.1, 0.15) is 12.4 Å². The van der Waals surface area contributed by atoms with E-state index in [1.807, 2.05) is 0 Å². The van der Waals surface area contributed by atoms with Gasteiger partial charge < -0.3 is 10.5 Å². The maximum absolute atomic E-state index is 11.5. The van der Waals surface area contributed by atoms with Crippen LogP contribution in [0.15, 0.2) is 35.3 Å². The molecule has 0 aromatic heterocycles. The molecule has 1 rings (SSSR count). The van der Waals surface area contributed by atoms with Crippen LogP contribution in [0.4, 0.5) is 5.69 Å². The Labute approximate surface area is 115 Å². The standard InChI is InChI=1S/C11H15BrN2O3S/c1-9(12)8-14-18(15,16)7-6-17-11-4-2-10(13)3-5-11/h2-5,14H,1,6-8,13H2. The maximum Gasteiger partial charge on any atom is 0.215 e. The molecule has 7 heteroatoms. The molecule has 0 saturated carbocycles. The van der Waals surface area contributed by atoms with Gasteiger partial charge in [-0.15, -0.1) is 0 Å². The lowest BCUT2D eigenvalue weighted by Crippen LogP contribution is -2.29.